The van der Waals surface area contributed by atoms with Gasteiger partial charge in [0.05, 0.1) is 23.2 Å². The largest absolute Gasteiger partial charge is 0.496 e. The molecule has 0 aliphatic carbocycles. The summed E-state index contributed by atoms with van der Waals surface area (Å²) in [4.78, 5) is 38.6. The first-order chi connectivity index (χ1) is 17.8. The highest BCUT2D eigenvalue weighted by Crippen LogP contribution is 2.23. The number of benzene rings is 2. The summed E-state index contributed by atoms with van der Waals surface area (Å²) in [7, 11) is 3.49. The monoisotopic (exact) mass is 508 g/mol. The van der Waals surface area contributed by atoms with Gasteiger partial charge >= 0.3 is 0 Å². The average Bonchev–Trinajstić information content (AvgIpc) is 2.89. The second-order valence-electron chi connectivity index (χ2n) is 8.06. The molecule has 0 radical (unpaired) electrons. The lowest BCUT2D eigenvalue weighted by atomic mass is 10.2. The molecule has 15 nitrogen and oxygen atoms in total. The van der Waals surface area contributed by atoms with E-state index >= 15 is 0 Å². The Bertz CT molecular complexity index is 1310. The van der Waals surface area contributed by atoms with E-state index in [2.05, 4.69) is 35.7 Å². The molecule has 4 rings (SSSR count). The van der Waals surface area contributed by atoms with Crippen LogP contribution < -0.4 is 20.4 Å². The van der Waals surface area contributed by atoms with Crippen molar-refractivity contribution in [3.8, 4) is 5.75 Å². The zero-order valence-corrected chi connectivity index (χ0v) is 20.1. The number of likely N-dealkylation sites (N-methyl/N-ethyl adjacent to an activating group) is 1. The van der Waals surface area contributed by atoms with Crippen LogP contribution in [0, 0.1) is 20.2 Å². The second kappa shape index (κ2) is 11.2. The summed E-state index contributed by atoms with van der Waals surface area (Å²) >= 11 is 0. The number of hydrogen-bond acceptors (Lipinski definition) is 13. The molecular weight excluding hydrogens is 484 g/mol. The molecule has 2 aromatic carbocycles. The van der Waals surface area contributed by atoms with Gasteiger partial charge in [-0.05, 0) is 25.2 Å². The van der Waals surface area contributed by atoms with Gasteiger partial charge in [0, 0.05) is 61.7 Å². The number of nitro groups is 2. The van der Waals surface area contributed by atoms with Gasteiger partial charge < -0.3 is 19.9 Å². The quantitative estimate of drug-likeness (QED) is 0.246. The van der Waals surface area contributed by atoms with E-state index in [9.17, 15) is 20.2 Å². The lowest BCUT2D eigenvalue weighted by Crippen LogP contribution is -2.45. The fourth-order valence-corrected chi connectivity index (χ4v) is 3.51. The predicted molar refractivity (Wildman–Crippen MR) is 137 cm³/mol. The van der Waals surface area contributed by atoms with Crippen molar-refractivity contribution in [3.63, 3.8) is 0 Å². The number of aromatic nitrogens is 3. The third-order valence-electron chi connectivity index (χ3n) is 5.54. The van der Waals surface area contributed by atoms with Gasteiger partial charge in [0.25, 0.3) is 11.4 Å². The molecule has 0 spiro atoms. The van der Waals surface area contributed by atoms with E-state index in [4.69, 9.17) is 4.74 Å². The van der Waals surface area contributed by atoms with Gasteiger partial charge in [0.2, 0.25) is 17.8 Å². The van der Waals surface area contributed by atoms with Crippen LogP contribution >= 0.6 is 0 Å². The van der Waals surface area contributed by atoms with E-state index in [1.165, 1.54) is 43.7 Å². The standard InChI is InChI=1S/C22H24N10O5/c1-29-9-11-30(12-10-29)22-26-20(24-16-3-5-17(6-4-16)31(33)34)25-21(27-22)28-23-14-15-13-18(32(35)36)7-8-19(15)37-2/h3-8,13-14H,9-12H2,1-2H3,(H2,24,25,26,27,28)/b23-14+. The van der Waals surface area contributed by atoms with E-state index in [-0.39, 0.29) is 23.3 Å². The molecule has 0 amide bonds. The van der Waals surface area contributed by atoms with Gasteiger partial charge in [-0.1, -0.05) is 0 Å². The number of non-ortho nitro benzene ring substituents is 2. The van der Waals surface area contributed by atoms with Crippen LogP contribution in [0.1, 0.15) is 5.56 Å². The summed E-state index contributed by atoms with van der Waals surface area (Å²) < 4.78 is 5.25. The summed E-state index contributed by atoms with van der Waals surface area (Å²) in [6.07, 6.45) is 1.37. The molecule has 1 aliphatic heterocycles. The van der Waals surface area contributed by atoms with Gasteiger partial charge in [-0.15, -0.1) is 0 Å². The van der Waals surface area contributed by atoms with E-state index < -0.39 is 9.85 Å². The van der Waals surface area contributed by atoms with Crippen LogP contribution in [0.4, 0.5) is 34.9 Å². The number of rotatable bonds is 9. The van der Waals surface area contributed by atoms with Crippen molar-refractivity contribution in [2.24, 2.45) is 5.10 Å². The molecule has 1 aliphatic rings. The first-order valence-corrected chi connectivity index (χ1v) is 11.1. The van der Waals surface area contributed by atoms with Gasteiger partial charge in [0.15, 0.2) is 0 Å². The van der Waals surface area contributed by atoms with Crippen LogP contribution in [0.15, 0.2) is 47.6 Å². The highest BCUT2D eigenvalue weighted by molar-refractivity contribution is 5.85. The van der Waals surface area contributed by atoms with E-state index in [0.29, 0.717) is 36.0 Å². The Labute approximate surface area is 211 Å². The first kappa shape index (κ1) is 25.2. The number of nitrogens with zero attached hydrogens (tertiary/aromatic N) is 8. The zero-order valence-electron chi connectivity index (χ0n) is 20.1. The van der Waals surface area contributed by atoms with Crippen LogP contribution in [0.25, 0.3) is 0 Å². The fourth-order valence-electron chi connectivity index (χ4n) is 3.51. The fraction of sp³-hybridized carbons (Fsp3) is 0.273. The predicted octanol–water partition coefficient (Wildman–Crippen LogP) is 2.64. The first-order valence-electron chi connectivity index (χ1n) is 11.1. The van der Waals surface area contributed by atoms with Crippen molar-refractivity contribution < 1.29 is 14.6 Å². The molecule has 0 unspecified atom stereocenters. The van der Waals surface area contributed by atoms with Crippen LogP contribution in [-0.4, -0.2) is 76.2 Å². The Morgan fingerprint density at radius 2 is 1.59 bits per heavy atom. The molecule has 1 saturated heterocycles. The molecular formula is C22H24N10O5. The van der Waals surface area contributed by atoms with Crippen LogP contribution in [0.2, 0.25) is 0 Å². The summed E-state index contributed by atoms with van der Waals surface area (Å²) in [6.45, 7) is 3.10. The summed E-state index contributed by atoms with van der Waals surface area (Å²) in [5, 5.41) is 29.2. The Morgan fingerprint density at radius 3 is 2.24 bits per heavy atom. The van der Waals surface area contributed by atoms with Crippen LogP contribution in [0.3, 0.4) is 0 Å². The molecule has 2 N–H and O–H groups in total. The summed E-state index contributed by atoms with van der Waals surface area (Å²) in [5.41, 5.74) is 3.55. The number of piperazine rings is 1. The molecule has 0 saturated carbocycles. The maximum atomic E-state index is 11.1. The molecule has 1 fully saturated rings. The number of hydrogen-bond donors (Lipinski definition) is 2. The molecule has 15 heteroatoms. The van der Waals surface area contributed by atoms with Crippen LogP contribution in [-0.2, 0) is 0 Å². The number of ether oxygens (including phenoxy) is 1. The molecule has 0 bridgehead atoms. The van der Waals surface area contributed by atoms with Gasteiger partial charge in [-0.3, -0.25) is 20.2 Å². The van der Waals surface area contributed by atoms with Crippen molar-refractivity contribution in [1.29, 1.82) is 0 Å². The second-order valence-corrected chi connectivity index (χ2v) is 8.06. The van der Waals surface area contributed by atoms with Gasteiger partial charge in [0.1, 0.15) is 5.75 Å². The van der Waals surface area contributed by atoms with Gasteiger partial charge in [-0.2, -0.15) is 20.1 Å². The van der Waals surface area contributed by atoms with Crippen molar-refractivity contribution in [1.82, 2.24) is 19.9 Å². The minimum Gasteiger partial charge on any atom is -0.496 e. The summed E-state index contributed by atoms with van der Waals surface area (Å²) in [5.74, 6) is 1.18. The number of anilines is 4. The molecule has 2 heterocycles. The SMILES string of the molecule is COc1ccc([N+](=O)[O-])cc1/C=N/Nc1nc(Nc2ccc([N+](=O)[O-])cc2)nc(N2CCN(C)CC2)n1. The zero-order chi connectivity index (χ0) is 26.4. The number of nitro benzene ring substituents is 2. The van der Waals surface area contributed by atoms with Crippen molar-refractivity contribution in [2.75, 3.05) is 56.0 Å². The Hall–Kier alpha value is -4.92. The molecule has 0 atom stereocenters. The molecule has 3 aromatic rings. The Morgan fingerprint density at radius 1 is 0.946 bits per heavy atom. The maximum Gasteiger partial charge on any atom is 0.270 e. The number of hydrazone groups is 1. The number of nitrogens with one attached hydrogen (secondary N) is 2. The highest BCUT2D eigenvalue weighted by Gasteiger charge is 2.19. The molecule has 192 valence electrons. The third-order valence-corrected chi connectivity index (χ3v) is 5.54. The lowest BCUT2D eigenvalue weighted by Gasteiger charge is -2.32. The third kappa shape index (κ3) is 6.40. The lowest BCUT2D eigenvalue weighted by molar-refractivity contribution is -0.385. The minimum atomic E-state index is -0.505. The maximum absolute atomic E-state index is 11.1. The van der Waals surface area contributed by atoms with Crippen LogP contribution in [0.5, 0.6) is 5.75 Å². The smallest absolute Gasteiger partial charge is 0.270 e. The van der Waals surface area contributed by atoms with Crippen molar-refractivity contribution in [3.05, 3.63) is 68.3 Å². The average molecular weight is 508 g/mol. The van der Waals surface area contributed by atoms with Gasteiger partial charge in [-0.25, -0.2) is 5.43 Å². The molecule has 1 aromatic heterocycles. The molecule has 37 heavy (non-hydrogen) atoms. The van der Waals surface area contributed by atoms with E-state index in [0.717, 1.165) is 13.1 Å². The van der Waals surface area contributed by atoms with E-state index in [1.807, 2.05) is 11.9 Å². The highest BCUT2D eigenvalue weighted by atomic mass is 16.6. The Balaban J connectivity index is 1.59. The normalized spacial score (nSPS) is 13.9. The Kier molecular flexibility index (Phi) is 7.63. The minimum absolute atomic E-state index is 0.0346. The summed E-state index contributed by atoms with van der Waals surface area (Å²) in [6, 6.07) is 10.0. The van der Waals surface area contributed by atoms with Crippen molar-refractivity contribution >= 4 is 41.1 Å². The van der Waals surface area contributed by atoms with E-state index in [1.54, 1.807) is 12.1 Å². The number of methoxy groups -OCH3 is 1. The topological polar surface area (TPSA) is 177 Å². The van der Waals surface area contributed by atoms with Crippen molar-refractivity contribution in [2.45, 2.75) is 0 Å².